The molecular weight excluding hydrogens is 244 g/mol. The Hall–Kier alpha value is -2.37. The van der Waals surface area contributed by atoms with E-state index < -0.39 is 5.91 Å². The molecule has 100 valence electrons. The summed E-state index contributed by atoms with van der Waals surface area (Å²) >= 11 is 0. The summed E-state index contributed by atoms with van der Waals surface area (Å²) < 4.78 is 2.87. The number of hydrogen-bond acceptors (Lipinski definition) is 3. The lowest BCUT2D eigenvalue weighted by Crippen LogP contribution is -2.34. The van der Waals surface area contributed by atoms with E-state index >= 15 is 0 Å². The Balaban J connectivity index is 2.26. The number of aromatic nitrogens is 3. The molecule has 0 aliphatic heterocycles. The van der Waals surface area contributed by atoms with Crippen LogP contribution in [0.3, 0.4) is 0 Å². The number of amides is 1. The Morgan fingerprint density at radius 3 is 2.68 bits per heavy atom. The van der Waals surface area contributed by atoms with Gasteiger partial charge in [-0.2, -0.15) is 5.10 Å². The van der Waals surface area contributed by atoms with E-state index in [0.717, 1.165) is 5.56 Å². The normalized spacial score (nSPS) is 10.5. The van der Waals surface area contributed by atoms with E-state index in [1.165, 1.54) is 10.7 Å². The van der Waals surface area contributed by atoms with Crippen molar-refractivity contribution in [3.63, 3.8) is 0 Å². The van der Waals surface area contributed by atoms with E-state index in [1.54, 1.807) is 23.9 Å². The largest absolute Gasteiger partial charge is 0.290 e. The van der Waals surface area contributed by atoms with Crippen LogP contribution in [-0.4, -0.2) is 20.4 Å². The van der Waals surface area contributed by atoms with E-state index in [0.29, 0.717) is 12.2 Å². The van der Waals surface area contributed by atoms with Gasteiger partial charge in [-0.1, -0.05) is 0 Å². The highest BCUT2D eigenvalue weighted by Crippen LogP contribution is 2.00. The van der Waals surface area contributed by atoms with Gasteiger partial charge < -0.3 is 0 Å². The van der Waals surface area contributed by atoms with Crippen LogP contribution in [0.15, 0.2) is 29.2 Å². The van der Waals surface area contributed by atoms with Crippen molar-refractivity contribution in [1.29, 1.82) is 0 Å². The monoisotopic (exact) mass is 260 g/mol. The number of carbonyl (C=O) groups excluding carboxylic acids is 1. The molecule has 0 unspecified atom stereocenters. The average Bonchev–Trinajstić information content (AvgIpc) is 2.82. The Morgan fingerprint density at radius 2 is 2.11 bits per heavy atom. The van der Waals surface area contributed by atoms with Gasteiger partial charge in [0.15, 0.2) is 5.69 Å². The summed E-state index contributed by atoms with van der Waals surface area (Å²) in [6.07, 6.45) is 1.72. The summed E-state index contributed by atoms with van der Waals surface area (Å²) in [4.78, 5) is 23.8. The third-order valence-corrected chi connectivity index (χ3v) is 2.77. The number of pyridine rings is 1. The van der Waals surface area contributed by atoms with E-state index in [4.69, 9.17) is 0 Å². The number of hydrogen-bond donors (Lipinski definition) is 1. The number of rotatable bonds is 3. The first-order valence-electron chi connectivity index (χ1n) is 6.06. The Morgan fingerprint density at radius 1 is 1.37 bits per heavy atom. The Bertz CT molecular complexity index is 670. The second-order valence-electron chi connectivity index (χ2n) is 4.35. The maximum absolute atomic E-state index is 12.0. The maximum Gasteiger partial charge on any atom is 0.290 e. The molecular formula is C13H16N4O2. The summed E-state index contributed by atoms with van der Waals surface area (Å²) in [5, 5.41) is 4.09. The average molecular weight is 260 g/mol. The molecule has 0 fully saturated rings. The fourth-order valence-corrected chi connectivity index (χ4v) is 1.83. The van der Waals surface area contributed by atoms with Gasteiger partial charge in [-0.05, 0) is 38.5 Å². The second-order valence-corrected chi connectivity index (χ2v) is 4.35. The van der Waals surface area contributed by atoms with Crippen molar-refractivity contribution in [2.24, 2.45) is 0 Å². The van der Waals surface area contributed by atoms with Gasteiger partial charge in [-0.3, -0.25) is 19.7 Å². The van der Waals surface area contributed by atoms with Crippen molar-refractivity contribution in [3.8, 4) is 0 Å². The molecule has 0 saturated heterocycles. The van der Waals surface area contributed by atoms with Gasteiger partial charge in [0.05, 0.1) is 0 Å². The molecule has 2 aromatic rings. The topological polar surface area (TPSA) is 68.9 Å². The van der Waals surface area contributed by atoms with Crippen molar-refractivity contribution in [2.45, 2.75) is 27.3 Å². The van der Waals surface area contributed by atoms with Crippen molar-refractivity contribution in [2.75, 3.05) is 5.43 Å². The van der Waals surface area contributed by atoms with E-state index in [9.17, 15) is 9.59 Å². The first kappa shape index (κ1) is 13.1. The van der Waals surface area contributed by atoms with Gasteiger partial charge in [-0.15, -0.1) is 0 Å². The second kappa shape index (κ2) is 5.09. The Labute approximate surface area is 110 Å². The molecule has 1 amide bonds. The molecule has 6 heteroatoms. The third-order valence-electron chi connectivity index (χ3n) is 2.77. The minimum Gasteiger partial charge on any atom is -0.272 e. The highest BCUT2D eigenvalue weighted by Gasteiger charge is 2.11. The molecule has 0 aliphatic rings. The molecule has 0 saturated carbocycles. The van der Waals surface area contributed by atoms with E-state index in [1.807, 2.05) is 19.9 Å². The zero-order valence-electron chi connectivity index (χ0n) is 11.2. The summed E-state index contributed by atoms with van der Waals surface area (Å²) in [6.45, 7) is 6.23. The molecule has 0 bridgehead atoms. The molecule has 2 aromatic heterocycles. The molecule has 0 aliphatic carbocycles. The van der Waals surface area contributed by atoms with Crippen molar-refractivity contribution in [1.82, 2.24) is 14.5 Å². The van der Waals surface area contributed by atoms with Gasteiger partial charge in [0, 0.05) is 24.5 Å². The maximum atomic E-state index is 12.0. The van der Waals surface area contributed by atoms with Crippen molar-refractivity contribution >= 4 is 5.91 Å². The van der Waals surface area contributed by atoms with Gasteiger partial charge >= 0.3 is 0 Å². The molecule has 0 radical (unpaired) electrons. The zero-order chi connectivity index (χ0) is 14.0. The van der Waals surface area contributed by atoms with Crippen LogP contribution in [0.5, 0.6) is 0 Å². The van der Waals surface area contributed by atoms with Gasteiger partial charge in [0.1, 0.15) is 0 Å². The van der Waals surface area contributed by atoms with Gasteiger partial charge in [0.25, 0.3) is 11.5 Å². The fraction of sp³-hybridized carbons (Fsp3) is 0.308. The van der Waals surface area contributed by atoms with Gasteiger partial charge in [0.2, 0.25) is 0 Å². The molecule has 0 spiro atoms. The molecule has 2 heterocycles. The Kier molecular flexibility index (Phi) is 3.50. The van der Waals surface area contributed by atoms with Gasteiger partial charge in [-0.25, -0.2) is 4.68 Å². The first-order chi connectivity index (χ1) is 9.01. The van der Waals surface area contributed by atoms with Crippen molar-refractivity contribution in [3.05, 3.63) is 51.7 Å². The lowest BCUT2D eigenvalue weighted by Gasteiger charge is -2.10. The minimum absolute atomic E-state index is 0.263. The molecule has 0 aromatic carbocycles. The van der Waals surface area contributed by atoms with Crippen LogP contribution in [0.2, 0.25) is 0 Å². The van der Waals surface area contributed by atoms with Crippen molar-refractivity contribution < 1.29 is 4.79 Å². The number of nitrogens with one attached hydrogen (secondary N) is 1. The summed E-state index contributed by atoms with van der Waals surface area (Å²) in [7, 11) is 0. The van der Waals surface area contributed by atoms with Crippen LogP contribution in [-0.2, 0) is 6.54 Å². The highest BCUT2D eigenvalue weighted by atomic mass is 16.2. The minimum atomic E-state index is -0.402. The van der Waals surface area contributed by atoms with Crippen LogP contribution >= 0.6 is 0 Å². The quantitative estimate of drug-likeness (QED) is 0.897. The number of aryl methyl sites for hydroxylation is 3. The lowest BCUT2D eigenvalue weighted by atomic mass is 10.2. The summed E-state index contributed by atoms with van der Waals surface area (Å²) in [5.74, 6) is -0.402. The molecule has 0 atom stereocenters. The fourth-order valence-electron chi connectivity index (χ4n) is 1.83. The van der Waals surface area contributed by atoms with Crippen LogP contribution in [0.25, 0.3) is 0 Å². The summed E-state index contributed by atoms with van der Waals surface area (Å²) in [5.41, 5.74) is 4.11. The zero-order valence-corrected chi connectivity index (χ0v) is 11.2. The lowest BCUT2D eigenvalue weighted by molar-refractivity contribution is 0.100. The van der Waals surface area contributed by atoms with Crippen LogP contribution in [0.1, 0.15) is 28.7 Å². The van der Waals surface area contributed by atoms with Crippen LogP contribution in [0.4, 0.5) is 0 Å². The van der Waals surface area contributed by atoms with Crippen LogP contribution in [0, 0.1) is 13.8 Å². The SMILES string of the molecule is CCn1ccc(C(=O)Nn2c(C)cc(C)cc2=O)n1. The molecule has 19 heavy (non-hydrogen) atoms. The smallest absolute Gasteiger partial charge is 0.272 e. The predicted molar refractivity (Wildman–Crippen MR) is 71.8 cm³/mol. The highest BCUT2D eigenvalue weighted by molar-refractivity contribution is 5.98. The molecule has 2 rings (SSSR count). The van der Waals surface area contributed by atoms with E-state index in [-0.39, 0.29) is 11.3 Å². The standard InChI is InChI=1S/C13H16N4O2/c1-4-16-6-5-11(14-16)13(19)15-17-10(3)7-9(2)8-12(17)18/h5-8H,4H2,1-3H3,(H,15,19). The third kappa shape index (κ3) is 2.73. The molecule has 6 nitrogen and oxygen atoms in total. The summed E-state index contributed by atoms with van der Waals surface area (Å²) in [6, 6.07) is 4.91. The predicted octanol–water partition coefficient (Wildman–Crippen LogP) is 1.07. The van der Waals surface area contributed by atoms with Crippen LogP contribution < -0.4 is 11.0 Å². The van der Waals surface area contributed by atoms with E-state index in [2.05, 4.69) is 10.5 Å². The number of nitrogens with zero attached hydrogens (tertiary/aromatic N) is 3. The molecule has 1 N–H and O–H groups in total. The number of carbonyl (C=O) groups is 1. The first-order valence-corrected chi connectivity index (χ1v) is 6.06.